The number of hydrogen-bond donors (Lipinski definition) is 1. The molecule has 0 spiro atoms. The molecule has 25 heavy (non-hydrogen) atoms. The lowest BCUT2D eigenvalue weighted by molar-refractivity contribution is 0.949. The van der Waals surface area contributed by atoms with E-state index in [1.54, 1.807) is 17.7 Å². The van der Waals surface area contributed by atoms with Crippen LogP contribution in [0.4, 0.5) is 5.82 Å². The van der Waals surface area contributed by atoms with Gasteiger partial charge in [0.1, 0.15) is 26.4 Å². The number of aryl methyl sites for hydroxylation is 1. The minimum atomic E-state index is 0.396. The van der Waals surface area contributed by atoms with Crippen LogP contribution in [0, 0.1) is 11.3 Å². The second-order valence-corrected chi connectivity index (χ2v) is 6.73. The monoisotopic (exact) mass is 348 g/mol. The minimum absolute atomic E-state index is 0.396. The number of anilines is 1. The number of nitrogens with zero attached hydrogens (tertiary/aromatic N) is 5. The Labute approximate surface area is 148 Å². The summed E-state index contributed by atoms with van der Waals surface area (Å²) in [4.78, 5) is 14.9. The molecule has 1 N–H and O–H groups in total. The van der Waals surface area contributed by atoms with Gasteiger partial charge in [-0.2, -0.15) is 5.26 Å². The Hall–Kier alpha value is -2.98. The molecule has 4 aromatic rings. The van der Waals surface area contributed by atoms with Gasteiger partial charge in [0.2, 0.25) is 0 Å². The summed E-state index contributed by atoms with van der Waals surface area (Å²) < 4.78 is 1.98. The summed E-state index contributed by atoms with van der Waals surface area (Å²) in [5.41, 5.74) is 4.69. The molecule has 0 unspecified atom stereocenters. The van der Waals surface area contributed by atoms with E-state index >= 15 is 0 Å². The maximum atomic E-state index is 8.91. The third-order valence-electron chi connectivity index (χ3n) is 4.01. The fraction of sp³-hybridized carbons (Fsp3) is 0.222. The largest absolute Gasteiger partial charge is 0.368 e. The van der Waals surface area contributed by atoms with Crippen LogP contribution >= 0.6 is 11.3 Å². The summed E-state index contributed by atoms with van der Waals surface area (Å²) in [7, 11) is 1.97. The molecule has 0 aliphatic carbocycles. The van der Waals surface area contributed by atoms with Crippen LogP contribution in [0.25, 0.3) is 32.0 Å². The lowest BCUT2D eigenvalue weighted by Gasteiger charge is -2.03. The zero-order valence-electron chi connectivity index (χ0n) is 13.9. The van der Waals surface area contributed by atoms with Crippen molar-refractivity contribution in [3.05, 3.63) is 36.2 Å². The number of hydrogen-bond acceptors (Lipinski definition) is 6. The van der Waals surface area contributed by atoms with Gasteiger partial charge in [0.15, 0.2) is 5.82 Å². The molecule has 0 aliphatic rings. The first kappa shape index (κ1) is 15.5. The molecule has 3 heterocycles. The maximum absolute atomic E-state index is 8.91. The predicted octanol–water partition coefficient (Wildman–Crippen LogP) is 3.74. The number of fused-ring (bicyclic) bond motifs is 3. The van der Waals surface area contributed by atoms with Crippen molar-refractivity contribution in [1.82, 2.24) is 19.5 Å². The topological polar surface area (TPSA) is 79.4 Å². The summed E-state index contributed by atoms with van der Waals surface area (Å²) in [6.07, 6.45) is 2.19. The van der Waals surface area contributed by atoms with Crippen molar-refractivity contribution >= 4 is 38.5 Å². The molecule has 0 aliphatic heterocycles. The van der Waals surface area contributed by atoms with Crippen molar-refractivity contribution in [2.45, 2.75) is 13.3 Å². The Morgan fingerprint density at radius 3 is 2.96 bits per heavy atom. The van der Waals surface area contributed by atoms with Gasteiger partial charge in [-0.15, -0.1) is 0 Å². The van der Waals surface area contributed by atoms with Crippen molar-refractivity contribution in [3.63, 3.8) is 0 Å². The Balaban J connectivity index is 1.93. The highest BCUT2D eigenvalue weighted by Crippen LogP contribution is 2.35. The highest BCUT2D eigenvalue weighted by Gasteiger charge is 2.17. The van der Waals surface area contributed by atoms with Crippen LogP contribution in [0.3, 0.4) is 0 Å². The molecule has 0 bridgehead atoms. The van der Waals surface area contributed by atoms with Crippen molar-refractivity contribution in [2.24, 2.45) is 7.05 Å². The predicted molar refractivity (Wildman–Crippen MR) is 101 cm³/mol. The second-order valence-electron chi connectivity index (χ2n) is 5.75. The van der Waals surface area contributed by atoms with Gasteiger partial charge in [0.05, 0.1) is 18.8 Å². The average Bonchev–Trinajstić information content (AvgIpc) is 3.20. The van der Waals surface area contributed by atoms with E-state index in [9.17, 15) is 0 Å². The summed E-state index contributed by atoms with van der Waals surface area (Å²) in [6.45, 7) is 2.82. The number of nitriles is 1. The lowest BCUT2D eigenvalue weighted by atomic mass is 10.1. The van der Waals surface area contributed by atoms with Gasteiger partial charge in [-0.1, -0.05) is 29.5 Å². The smallest absolute Gasteiger partial charge is 0.156 e. The van der Waals surface area contributed by atoms with Crippen LogP contribution in [0.1, 0.15) is 12.5 Å². The molecule has 1 aromatic carbocycles. The first-order valence-electron chi connectivity index (χ1n) is 8.03. The van der Waals surface area contributed by atoms with Crippen LogP contribution in [0.15, 0.2) is 30.6 Å². The third-order valence-corrected chi connectivity index (χ3v) is 5.01. The molecule has 4 rings (SSSR count). The van der Waals surface area contributed by atoms with Crippen molar-refractivity contribution < 1.29 is 0 Å². The van der Waals surface area contributed by atoms with E-state index in [0.29, 0.717) is 6.42 Å². The fourth-order valence-corrected chi connectivity index (χ4v) is 3.84. The Morgan fingerprint density at radius 2 is 2.16 bits per heavy atom. The van der Waals surface area contributed by atoms with E-state index < -0.39 is 0 Å². The molecule has 0 saturated carbocycles. The van der Waals surface area contributed by atoms with Gasteiger partial charge in [-0.25, -0.2) is 15.0 Å². The number of imidazole rings is 1. The first-order chi connectivity index (χ1) is 12.2. The summed E-state index contributed by atoms with van der Waals surface area (Å²) >= 11 is 1.56. The molecular weight excluding hydrogens is 332 g/mol. The lowest BCUT2D eigenvalue weighted by Crippen LogP contribution is -2.00. The normalized spacial score (nSPS) is 11.1. The average molecular weight is 348 g/mol. The molecule has 0 saturated heterocycles. The molecule has 0 radical (unpaired) electrons. The van der Waals surface area contributed by atoms with Crippen molar-refractivity contribution in [3.8, 4) is 16.6 Å². The quantitative estimate of drug-likeness (QED) is 0.608. The third kappa shape index (κ3) is 2.61. The summed E-state index contributed by atoms with van der Waals surface area (Å²) in [6, 6.07) is 10.2. The summed E-state index contributed by atoms with van der Waals surface area (Å²) in [5, 5.41) is 13.1. The van der Waals surface area contributed by atoms with E-state index in [2.05, 4.69) is 16.4 Å². The van der Waals surface area contributed by atoms with Gasteiger partial charge in [0, 0.05) is 19.2 Å². The van der Waals surface area contributed by atoms with Gasteiger partial charge in [0.25, 0.3) is 0 Å². The molecule has 0 amide bonds. The minimum Gasteiger partial charge on any atom is -0.368 e. The van der Waals surface area contributed by atoms with E-state index in [4.69, 9.17) is 15.2 Å². The molecule has 3 aromatic heterocycles. The van der Waals surface area contributed by atoms with Crippen LogP contribution < -0.4 is 5.32 Å². The van der Waals surface area contributed by atoms with Crippen molar-refractivity contribution in [1.29, 1.82) is 5.26 Å². The number of aromatic nitrogens is 4. The molecule has 0 atom stereocenters. The van der Waals surface area contributed by atoms with Crippen LogP contribution in [-0.4, -0.2) is 26.1 Å². The molecule has 6 nitrogen and oxygen atoms in total. The molecule has 7 heteroatoms. The van der Waals surface area contributed by atoms with E-state index in [1.807, 2.05) is 42.8 Å². The van der Waals surface area contributed by atoms with Gasteiger partial charge < -0.3 is 9.88 Å². The van der Waals surface area contributed by atoms with Crippen LogP contribution in [0.5, 0.6) is 0 Å². The standard InChI is InChI=1S/C18H16N6S/c1-3-20-16-13-15(24(2)10-21-13)14-18(23-16)25-17(22-14)12-6-4-5-11(9-12)7-8-19/h4-6,9-10H,3,7H2,1-2H3,(H,20,23). The molecular formula is C18H16N6S. The maximum Gasteiger partial charge on any atom is 0.156 e. The van der Waals surface area contributed by atoms with Crippen LogP contribution in [0.2, 0.25) is 0 Å². The zero-order valence-corrected chi connectivity index (χ0v) is 14.8. The number of rotatable bonds is 4. The molecule has 124 valence electrons. The fourth-order valence-electron chi connectivity index (χ4n) is 2.90. The zero-order chi connectivity index (χ0) is 17.4. The van der Waals surface area contributed by atoms with Crippen molar-refractivity contribution in [2.75, 3.05) is 11.9 Å². The van der Waals surface area contributed by atoms with E-state index in [0.717, 1.165) is 49.9 Å². The molecule has 0 fully saturated rings. The first-order valence-corrected chi connectivity index (χ1v) is 8.84. The van der Waals surface area contributed by atoms with Gasteiger partial charge in [-0.05, 0) is 18.6 Å². The highest BCUT2D eigenvalue weighted by atomic mass is 32.1. The SMILES string of the molecule is CCNc1nc2sc(-c3cccc(CC#N)c3)nc2c2c1ncn2C. The number of benzene rings is 1. The number of nitrogens with one attached hydrogen (secondary N) is 1. The number of pyridine rings is 1. The van der Waals surface area contributed by atoms with Gasteiger partial charge >= 0.3 is 0 Å². The highest BCUT2D eigenvalue weighted by molar-refractivity contribution is 7.21. The Kier molecular flexibility index (Phi) is 3.82. The Bertz CT molecular complexity index is 1120. The van der Waals surface area contributed by atoms with E-state index in [-0.39, 0.29) is 0 Å². The Morgan fingerprint density at radius 1 is 1.28 bits per heavy atom. The van der Waals surface area contributed by atoms with Crippen LogP contribution in [-0.2, 0) is 13.5 Å². The summed E-state index contributed by atoms with van der Waals surface area (Å²) in [5.74, 6) is 0.791. The van der Waals surface area contributed by atoms with E-state index in [1.165, 1.54) is 0 Å². The number of thiazole rings is 1. The van der Waals surface area contributed by atoms with Gasteiger partial charge in [-0.3, -0.25) is 0 Å². The second kappa shape index (κ2) is 6.15.